The average molecular weight is 398 g/mol. The lowest BCUT2D eigenvalue weighted by Gasteiger charge is -2.17. The maximum atomic E-state index is 13.1. The van der Waals surface area contributed by atoms with Gasteiger partial charge in [-0.2, -0.15) is 0 Å². The summed E-state index contributed by atoms with van der Waals surface area (Å²) in [5, 5.41) is 0.588. The van der Waals surface area contributed by atoms with E-state index in [0.29, 0.717) is 22.1 Å². The zero-order valence-electron chi connectivity index (χ0n) is 16.2. The third kappa shape index (κ3) is 3.91. The first-order chi connectivity index (χ1) is 14.5. The fraction of sp³-hybridized carbons (Fsp3) is 0.0800. The van der Waals surface area contributed by atoms with Gasteiger partial charge in [-0.1, -0.05) is 78.4 Å². The van der Waals surface area contributed by atoms with Crippen LogP contribution < -0.4 is 5.63 Å². The van der Waals surface area contributed by atoms with Crippen LogP contribution in [0.15, 0.2) is 94.1 Å². The first kappa shape index (κ1) is 19.3. The van der Waals surface area contributed by atoms with Crippen molar-refractivity contribution in [2.75, 3.05) is 0 Å². The van der Waals surface area contributed by atoms with Crippen LogP contribution in [0.2, 0.25) is 0 Å². The molecule has 0 spiro atoms. The van der Waals surface area contributed by atoms with E-state index in [4.69, 9.17) is 9.15 Å². The molecule has 0 aliphatic rings. The number of rotatable bonds is 5. The van der Waals surface area contributed by atoms with E-state index < -0.39 is 17.7 Å². The second-order valence-electron chi connectivity index (χ2n) is 6.91. The van der Waals surface area contributed by atoms with Gasteiger partial charge in [-0.25, -0.2) is 9.59 Å². The molecule has 30 heavy (non-hydrogen) atoms. The largest absolute Gasteiger partial charge is 0.445 e. The predicted molar refractivity (Wildman–Crippen MR) is 113 cm³/mol. The van der Waals surface area contributed by atoms with Crippen LogP contribution >= 0.6 is 0 Å². The van der Waals surface area contributed by atoms with Crippen LogP contribution in [-0.4, -0.2) is 11.8 Å². The summed E-state index contributed by atoms with van der Waals surface area (Å²) in [6.07, 6.45) is -1.19. The SMILES string of the molecule is Cc1ccc(C(=O)[C@H](OC(=O)c2cc3ccccc3oc2=O)c2ccccc2)cc1. The van der Waals surface area contributed by atoms with Crippen LogP contribution in [0.25, 0.3) is 11.0 Å². The lowest BCUT2D eigenvalue weighted by Crippen LogP contribution is -2.23. The van der Waals surface area contributed by atoms with Crippen molar-refractivity contribution in [3.63, 3.8) is 0 Å². The lowest BCUT2D eigenvalue weighted by atomic mass is 9.99. The first-order valence-electron chi connectivity index (χ1n) is 9.42. The molecule has 0 fully saturated rings. The molecule has 0 amide bonds. The number of Topliss-reactive ketones (excluding diaryl/α,β-unsaturated/α-hetero) is 1. The Morgan fingerprint density at radius 3 is 2.27 bits per heavy atom. The van der Waals surface area contributed by atoms with Gasteiger partial charge in [0.15, 0.2) is 6.10 Å². The monoisotopic (exact) mass is 398 g/mol. The summed E-state index contributed by atoms with van der Waals surface area (Å²) in [5.41, 5.74) is 1.23. The zero-order valence-corrected chi connectivity index (χ0v) is 16.2. The summed E-state index contributed by atoms with van der Waals surface area (Å²) in [6.45, 7) is 1.92. The van der Waals surface area contributed by atoms with Crippen molar-refractivity contribution >= 4 is 22.7 Å². The second kappa shape index (κ2) is 8.17. The van der Waals surface area contributed by atoms with Gasteiger partial charge in [-0.3, -0.25) is 4.79 Å². The van der Waals surface area contributed by atoms with Gasteiger partial charge in [0.2, 0.25) is 5.78 Å². The summed E-state index contributed by atoms with van der Waals surface area (Å²) in [6, 6.07) is 24.0. The number of para-hydroxylation sites is 1. The minimum absolute atomic E-state index is 0.258. The Hall–Kier alpha value is -3.99. The van der Waals surface area contributed by atoms with Crippen molar-refractivity contribution in [1.29, 1.82) is 0 Å². The van der Waals surface area contributed by atoms with E-state index >= 15 is 0 Å². The van der Waals surface area contributed by atoms with Crippen molar-refractivity contribution in [2.45, 2.75) is 13.0 Å². The zero-order chi connectivity index (χ0) is 21.1. The van der Waals surface area contributed by atoms with Gasteiger partial charge in [0, 0.05) is 16.5 Å². The molecule has 0 bridgehead atoms. The molecule has 4 rings (SSSR count). The number of ketones is 1. The molecule has 1 atom stereocenters. The van der Waals surface area contributed by atoms with Crippen LogP contribution in [0.4, 0.5) is 0 Å². The lowest BCUT2D eigenvalue weighted by molar-refractivity contribution is 0.0276. The van der Waals surface area contributed by atoms with E-state index in [0.717, 1.165) is 5.56 Å². The Labute approximate surface area is 172 Å². The average Bonchev–Trinajstić information content (AvgIpc) is 2.77. The minimum Gasteiger partial charge on any atom is -0.445 e. The standard InChI is InChI=1S/C25H18O5/c1-16-11-13-17(14-12-16)22(26)23(18-7-3-2-4-8-18)30-25(28)20-15-19-9-5-6-10-21(19)29-24(20)27/h2-15,23H,1H3/t23-/m1/s1. The maximum Gasteiger partial charge on any atom is 0.351 e. The fourth-order valence-corrected chi connectivity index (χ4v) is 3.14. The van der Waals surface area contributed by atoms with Crippen molar-refractivity contribution < 1.29 is 18.7 Å². The van der Waals surface area contributed by atoms with E-state index in [2.05, 4.69) is 0 Å². The number of hydrogen-bond donors (Lipinski definition) is 0. The van der Waals surface area contributed by atoms with Gasteiger partial charge >= 0.3 is 11.6 Å². The number of esters is 1. The number of fused-ring (bicyclic) bond motifs is 1. The normalized spacial score (nSPS) is 11.8. The van der Waals surface area contributed by atoms with Crippen LogP contribution in [0.5, 0.6) is 0 Å². The molecule has 0 aliphatic heterocycles. The van der Waals surface area contributed by atoms with Gasteiger partial charge < -0.3 is 9.15 Å². The highest BCUT2D eigenvalue weighted by Crippen LogP contribution is 2.24. The molecule has 4 aromatic rings. The van der Waals surface area contributed by atoms with Crippen molar-refractivity contribution in [3.05, 3.63) is 118 Å². The Kier molecular flexibility index (Phi) is 5.26. The van der Waals surface area contributed by atoms with E-state index in [-0.39, 0.29) is 11.3 Å². The Balaban J connectivity index is 1.71. The van der Waals surface area contributed by atoms with Gasteiger partial charge in [0.05, 0.1) is 0 Å². The van der Waals surface area contributed by atoms with E-state index in [1.165, 1.54) is 6.07 Å². The first-order valence-corrected chi connectivity index (χ1v) is 9.42. The topological polar surface area (TPSA) is 73.6 Å². The summed E-state index contributed by atoms with van der Waals surface area (Å²) >= 11 is 0. The molecular weight excluding hydrogens is 380 g/mol. The molecule has 148 valence electrons. The number of carbonyl (C=O) groups is 2. The molecule has 5 nitrogen and oxygen atoms in total. The van der Waals surface area contributed by atoms with Gasteiger partial charge in [0.1, 0.15) is 11.1 Å². The van der Waals surface area contributed by atoms with Crippen LogP contribution in [-0.2, 0) is 4.74 Å². The van der Waals surface area contributed by atoms with Crippen LogP contribution in [0.1, 0.15) is 37.9 Å². The van der Waals surface area contributed by atoms with Gasteiger partial charge in [0.25, 0.3) is 0 Å². The highest BCUT2D eigenvalue weighted by molar-refractivity contribution is 6.02. The second-order valence-corrected chi connectivity index (χ2v) is 6.91. The molecule has 0 saturated heterocycles. The summed E-state index contributed by atoms with van der Waals surface area (Å²) in [4.78, 5) is 38.3. The maximum absolute atomic E-state index is 13.1. The molecule has 0 unspecified atom stereocenters. The van der Waals surface area contributed by atoms with Crippen molar-refractivity contribution in [3.8, 4) is 0 Å². The molecular formula is C25H18O5. The summed E-state index contributed by atoms with van der Waals surface area (Å²) in [5.74, 6) is -1.29. The van der Waals surface area contributed by atoms with Gasteiger partial charge in [-0.05, 0) is 19.1 Å². The number of ether oxygens (including phenoxy) is 1. The number of benzene rings is 3. The molecule has 1 aromatic heterocycles. The minimum atomic E-state index is -1.19. The predicted octanol–water partition coefficient (Wildman–Crippen LogP) is 4.88. The molecule has 0 saturated carbocycles. The number of aryl methyl sites for hydroxylation is 1. The summed E-state index contributed by atoms with van der Waals surface area (Å²) < 4.78 is 10.8. The Morgan fingerprint density at radius 1 is 0.867 bits per heavy atom. The van der Waals surface area contributed by atoms with Crippen molar-refractivity contribution in [1.82, 2.24) is 0 Å². The Bertz CT molecular complexity index is 1270. The van der Waals surface area contributed by atoms with E-state index in [1.807, 2.05) is 19.1 Å². The molecule has 0 aliphatic carbocycles. The molecule has 3 aromatic carbocycles. The number of carbonyl (C=O) groups excluding carboxylic acids is 2. The molecule has 0 N–H and O–H groups in total. The fourth-order valence-electron chi connectivity index (χ4n) is 3.14. The summed E-state index contributed by atoms with van der Waals surface area (Å²) in [7, 11) is 0. The Morgan fingerprint density at radius 2 is 1.53 bits per heavy atom. The van der Waals surface area contributed by atoms with E-state index in [9.17, 15) is 14.4 Å². The molecule has 1 heterocycles. The van der Waals surface area contributed by atoms with Crippen molar-refractivity contribution in [2.24, 2.45) is 0 Å². The van der Waals surface area contributed by atoms with Gasteiger partial charge in [-0.15, -0.1) is 0 Å². The highest BCUT2D eigenvalue weighted by atomic mass is 16.5. The molecule has 0 radical (unpaired) electrons. The highest BCUT2D eigenvalue weighted by Gasteiger charge is 2.28. The quantitative estimate of drug-likeness (QED) is 0.272. The third-order valence-corrected chi connectivity index (χ3v) is 4.76. The number of hydrogen-bond acceptors (Lipinski definition) is 5. The molecule has 5 heteroatoms. The van der Waals surface area contributed by atoms with Crippen LogP contribution in [0, 0.1) is 6.92 Å². The van der Waals surface area contributed by atoms with E-state index in [1.54, 1.807) is 66.7 Å². The van der Waals surface area contributed by atoms with Crippen LogP contribution in [0.3, 0.4) is 0 Å². The smallest absolute Gasteiger partial charge is 0.351 e. The third-order valence-electron chi connectivity index (χ3n) is 4.76.